The maximum atomic E-state index is 14.1. The molecule has 0 unspecified atom stereocenters. The van der Waals surface area contributed by atoms with Crippen molar-refractivity contribution >= 4 is 23.5 Å². The molecule has 2 aliphatic carbocycles. The number of hydrogen-bond donors (Lipinski definition) is 1. The van der Waals surface area contributed by atoms with Gasteiger partial charge in [-0.3, -0.25) is 14.4 Å². The third kappa shape index (κ3) is 6.00. The van der Waals surface area contributed by atoms with E-state index in [4.69, 9.17) is 0 Å². The third-order valence-electron chi connectivity index (χ3n) is 8.69. The zero-order valence-electron chi connectivity index (χ0n) is 23.6. The minimum absolute atomic E-state index is 0.0340. The predicted octanol–water partition coefficient (Wildman–Crippen LogP) is 7.12. The summed E-state index contributed by atoms with van der Waals surface area (Å²) in [7, 11) is 0. The fourth-order valence-corrected chi connectivity index (χ4v) is 6.74. The fourth-order valence-electron chi connectivity index (χ4n) is 6.74. The summed E-state index contributed by atoms with van der Waals surface area (Å²) in [6, 6.07) is 15.7. The van der Waals surface area contributed by atoms with Gasteiger partial charge in [0.05, 0.1) is 12.5 Å². The zero-order valence-corrected chi connectivity index (χ0v) is 23.6. The first-order chi connectivity index (χ1) is 21.0. The summed E-state index contributed by atoms with van der Waals surface area (Å²) in [6.07, 6.45) is -1.49. The standard InChI is InChI=1S/C33H30F4N2O5/c34-22-9-4-19(5-10-22)21-8-15-28-26(18-21)31(38(23-11-12-23)29(40)16-17-30(41)42)25-2-1-3-27(25)39(28)32(43)20-6-13-24(14-7-20)44-33(35,36)37/h4-10,13-15,18,23,25,27,31H,1-3,11-12,16-17H2,(H,41,42)/t25-,27+,31-/m1/s1. The minimum atomic E-state index is -4.86. The van der Waals surface area contributed by atoms with Crippen LogP contribution >= 0.6 is 0 Å². The zero-order chi connectivity index (χ0) is 31.2. The monoisotopic (exact) mass is 610 g/mol. The van der Waals surface area contributed by atoms with E-state index in [0.29, 0.717) is 12.1 Å². The maximum absolute atomic E-state index is 14.1. The molecule has 0 aromatic heterocycles. The van der Waals surface area contributed by atoms with Gasteiger partial charge in [-0.05, 0) is 90.9 Å². The number of aliphatic carboxylic acids is 1. The number of carbonyl (C=O) groups is 3. The van der Waals surface area contributed by atoms with Crippen LogP contribution in [0.25, 0.3) is 11.1 Å². The Morgan fingerprint density at radius 2 is 1.57 bits per heavy atom. The van der Waals surface area contributed by atoms with Gasteiger partial charge in [-0.2, -0.15) is 0 Å². The topological polar surface area (TPSA) is 87.2 Å². The van der Waals surface area contributed by atoms with Crippen molar-refractivity contribution in [3.05, 3.63) is 83.7 Å². The second kappa shape index (κ2) is 11.6. The van der Waals surface area contributed by atoms with Crippen LogP contribution in [-0.4, -0.2) is 46.2 Å². The predicted molar refractivity (Wildman–Crippen MR) is 152 cm³/mol. The number of rotatable bonds is 8. The Balaban J connectivity index is 1.44. The molecule has 0 saturated heterocycles. The largest absolute Gasteiger partial charge is 0.573 e. The van der Waals surface area contributed by atoms with E-state index >= 15 is 0 Å². The van der Waals surface area contributed by atoms with Crippen molar-refractivity contribution in [3.63, 3.8) is 0 Å². The smallest absolute Gasteiger partial charge is 0.481 e. The van der Waals surface area contributed by atoms with Crippen LogP contribution in [-0.2, 0) is 9.59 Å². The summed E-state index contributed by atoms with van der Waals surface area (Å²) in [5, 5.41) is 9.27. The molecule has 0 radical (unpaired) electrons. The maximum Gasteiger partial charge on any atom is 0.573 e. The summed E-state index contributed by atoms with van der Waals surface area (Å²) in [6.45, 7) is 0. The first-order valence-electron chi connectivity index (χ1n) is 14.6. The van der Waals surface area contributed by atoms with E-state index in [1.165, 1.54) is 24.3 Å². The molecule has 0 spiro atoms. The van der Waals surface area contributed by atoms with Gasteiger partial charge in [-0.1, -0.05) is 24.6 Å². The van der Waals surface area contributed by atoms with Gasteiger partial charge in [0, 0.05) is 35.7 Å². The van der Waals surface area contributed by atoms with E-state index in [1.807, 2.05) is 17.0 Å². The Morgan fingerprint density at radius 3 is 2.20 bits per heavy atom. The first-order valence-corrected chi connectivity index (χ1v) is 14.6. The molecule has 1 heterocycles. The number of alkyl halides is 3. The lowest BCUT2D eigenvalue weighted by Gasteiger charge is -2.48. The summed E-state index contributed by atoms with van der Waals surface area (Å²) in [4.78, 5) is 42.6. The highest BCUT2D eigenvalue weighted by molar-refractivity contribution is 6.07. The van der Waals surface area contributed by atoms with Gasteiger partial charge in [0.1, 0.15) is 11.6 Å². The number of halogens is 4. The van der Waals surface area contributed by atoms with E-state index in [2.05, 4.69) is 4.74 Å². The summed E-state index contributed by atoms with van der Waals surface area (Å²) in [5.74, 6) is -2.65. The van der Waals surface area contributed by atoms with Crippen LogP contribution in [0.2, 0.25) is 0 Å². The quantitative estimate of drug-likeness (QED) is 0.275. The van der Waals surface area contributed by atoms with Gasteiger partial charge in [0.15, 0.2) is 0 Å². The molecule has 230 valence electrons. The first kappa shape index (κ1) is 29.7. The normalized spacial score (nSPS) is 20.9. The molecule has 6 rings (SSSR count). The molecule has 2 fully saturated rings. The van der Waals surface area contributed by atoms with Crippen molar-refractivity contribution in [1.82, 2.24) is 4.90 Å². The number of nitrogens with zero attached hydrogens (tertiary/aromatic N) is 2. The van der Waals surface area contributed by atoms with Crippen LogP contribution in [0.3, 0.4) is 0 Å². The van der Waals surface area contributed by atoms with Crippen molar-refractivity contribution in [3.8, 4) is 16.9 Å². The van der Waals surface area contributed by atoms with Crippen molar-refractivity contribution in [2.75, 3.05) is 4.90 Å². The van der Waals surface area contributed by atoms with Crippen LogP contribution in [0, 0.1) is 11.7 Å². The van der Waals surface area contributed by atoms with E-state index in [1.54, 1.807) is 23.1 Å². The van der Waals surface area contributed by atoms with Gasteiger partial charge in [0.2, 0.25) is 5.91 Å². The number of carbonyl (C=O) groups excluding carboxylic acids is 2. The van der Waals surface area contributed by atoms with Crippen molar-refractivity contribution in [2.45, 2.75) is 69.4 Å². The highest BCUT2D eigenvalue weighted by atomic mass is 19.4. The highest BCUT2D eigenvalue weighted by Crippen LogP contribution is 2.53. The molecule has 44 heavy (non-hydrogen) atoms. The van der Waals surface area contributed by atoms with Crippen molar-refractivity contribution in [1.29, 1.82) is 0 Å². The van der Waals surface area contributed by atoms with E-state index in [9.17, 15) is 37.1 Å². The van der Waals surface area contributed by atoms with Gasteiger partial charge >= 0.3 is 12.3 Å². The molecule has 3 aromatic rings. The fraction of sp³-hybridized carbons (Fsp3) is 0.364. The van der Waals surface area contributed by atoms with Crippen molar-refractivity contribution < 1.29 is 41.8 Å². The van der Waals surface area contributed by atoms with Crippen LogP contribution in [0.4, 0.5) is 23.2 Å². The molecule has 3 aliphatic rings. The number of fused-ring (bicyclic) bond motifs is 2. The molecule has 3 aromatic carbocycles. The van der Waals surface area contributed by atoms with Crippen molar-refractivity contribution in [2.24, 2.45) is 5.92 Å². The number of benzene rings is 3. The number of carboxylic acid groups (broad SMARTS) is 1. The number of ether oxygens (including phenoxy) is 1. The molecule has 3 atom stereocenters. The average Bonchev–Trinajstić information content (AvgIpc) is 3.70. The Morgan fingerprint density at radius 1 is 0.886 bits per heavy atom. The molecular formula is C33H30F4N2O5. The highest BCUT2D eigenvalue weighted by Gasteiger charge is 2.51. The van der Waals surface area contributed by atoms with Crippen LogP contribution in [0.1, 0.15) is 66.9 Å². The number of carboxylic acids is 1. The molecule has 2 saturated carbocycles. The molecule has 7 nitrogen and oxygen atoms in total. The number of amides is 2. The number of anilines is 1. The molecule has 2 amide bonds. The third-order valence-corrected chi connectivity index (χ3v) is 8.69. The molecule has 1 aliphatic heterocycles. The van der Waals surface area contributed by atoms with Crippen LogP contribution in [0.5, 0.6) is 5.75 Å². The average molecular weight is 611 g/mol. The Bertz CT molecular complexity index is 1570. The molecule has 0 bridgehead atoms. The van der Waals surface area contributed by atoms with Gasteiger partial charge in [-0.25, -0.2) is 4.39 Å². The SMILES string of the molecule is O=C(O)CCC(=O)N(C1CC1)[C@H]1c2cc(-c3ccc(F)cc3)ccc2N(C(=O)c2ccc(OC(F)(F)F)cc2)[C@H]2CCC[C@H]21. The van der Waals surface area contributed by atoms with E-state index in [0.717, 1.165) is 54.5 Å². The Hall–Kier alpha value is -4.41. The molecular weight excluding hydrogens is 580 g/mol. The van der Waals surface area contributed by atoms with Gasteiger partial charge < -0.3 is 19.6 Å². The second-order valence-corrected chi connectivity index (χ2v) is 11.6. The minimum Gasteiger partial charge on any atom is -0.481 e. The lowest BCUT2D eigenvalue weighted by atomic mass is 9.80. The van der Waals surface area contributed by atoms with E-state index < -0.39 is 24.1 Å². The Labute approximate surface area is 251 Å². The van der Waals surface area contributed by atoms with Crippen LogP contribution < -0.4 is 9.64 Å². The van der Waals surface area contributed by atoms with E-state index in [-0.39, 0.29) is 54.0 Å². The van der Waals surface area contributed by atoms with Gasteiger partial charge in [0.25, 0.3) is 5.91 Å². The lowest BCUT2D eigenvalue weighted by molar-refractivity contribution is -0.274. The van der Waals surface area contributed by atoms with Gasteiger partial charge in [-0.15, -0.1) is 13.2 Å². The Kier molecular flexibility index (Phi) is 7.81. The summed E-state index contributed by atoms with van der Waals surface area (Å²) in [5.41, 5.74) is 3.01. The summed E-state index contributed by atoms with van der Waals surface area (Å²) >= 11 is 0. The lowest BCUT2D eigenvalue weighted by Crippen LogP contribution is -2.53. The number of hydrogen-bond acceptors (Lipinski definition) is 4. The molecule has 1 N–H and O–H groups in total. The second-order valence-electron chi connectivity index (χ2n) is 11.6. The molecule has 11 heteroatoms. The summed E-state index contributed by atoms with van der Waals surface area (Å²) < 4.78 is 55.8. The van der Waals surface area contributed by atoms with Crippen LogP contribution in [0.15, 0.2) is 66.7 Å².